The number of carbonyl (C=O) groups is 1. The minimum absolute atomic E-state index is 0.0380. The molecule has 3 fully saturated rings. The number of Topliss-reactive ketones (excluding diaryl/α,β-unsaturated/α-hetero) is 1. The van der Waals surface area contributed by atoms with Crippen molar-refractivity contribution in [1.29, 1.82) is 0 Å². The second-order valence-electron chi connectivity index (χ2n) is 9.84. The highest BCUT2D eigenvalue weighted by Crippen LogP contribution is 2.51. The van der Waals surface area contributed by atoms with E-state index >= 15 is 0 Å². The number of rotatable bonds is 9. The van der Waals surface area contributed by atoms with Crippen LogP contribution in [0.2, 0.25) is 0 Å². The molecule has 31 heavy (non-hydrogen) atoms. The molecule has 0 amide bonds. The molecule has 2 saturated carbocycles. The van der Waals surface area contributed by atoms with E-state index in [4.69, 9.17) is 0 Å². The second-order valence-corrected chi connectivity index (χ2v) is 9.84. The van der Waals surface area contributed by atoms with Crippen LogP contribution in [0.3, 0.4) is 0 Å². The summed E-state index contributed by atoms with van der Waals surface area (Å²) in [4.78, 5) is 15.8. The molecule has 2 aromatic carbocycles. The monoisotopic (exact) mass is 418 g/mol. The topological polar surface area (TPSA) is 52.6 Å². The lowest BCUT2D eigenvalue weighted by Crippen LogP contribution is -2.47. The summed E-state index contributed by atoms with van der Waals surface area (Å²) in [6.07, 6.45) is 4.07. The first-order chi connectivity index (χ1) is 15.2. The van der Waals surface area contributed by atoms with Crippen LogP contribution in [0, 0.1) is 23.7 Å². The van der Waals surface area contributed by atoms with Crippen molar-refractivity contribution in [2.24, 2.45) is 23.7 Å². The van der Waals surface area contributed by atoms with E-state index in [9.17, 15) is 9.90 Å². The van der Waals surface area contributed by atoms with Gasteiger partial charge < -0.3 is 10.4 Å². The van der Waals surface area contributed by atoms with Crippen LogP contribution in [0.1, 0.15) is 36.8 Å². The molecular formula is C27H34N2O2. The molecule has 3 aliphatic rings. The van der Waals surface area contributed by atoms with E-state index in [2.05, 4.69) is 40.5 Å². The van der Waals surface area contributed by atoms with Gasteiger partial charge in [0.1, 0.15) is 0 Å². The molecule has 164 valence electrons. The summed E-state index contributed by atoms with van der Waals surface area (Å²) < 4.78 is 0. The highest BCUT2D eigenvalue weighted by Gasteiger charge is 2.55. The van der Waals surface area contributed by atoms with Gasteiger partial charge in [-0.05, 0) is 54.2 Å². The van der Waals surface area contributed by atoms with Gasteiger partial charge in [0.25, 0.3) is 0 Å². The Balaban J connectivity index is 1.12. The van der Waals surface area contributed by atoms with Gasteiger partial charge in [0.2, 0.25) is 0 Å². The Hall–Kier alpha value is -2.01. The lowest BCUT2D eigenvalue weighted by molar-refractivity contribution is -0.144. The zero-order chi connectivity index (χ0) is 21.3. The normalized spacial score (nSPS) is 27.7. The highest BCUT2D eigenvalue weighted by atomic mass is 16.3. The third-order valence-electron chi connectivity index (χ3n) is 7.95. The summed E-state index contributed by atoms with van der Waals surface area (Å²) in [6.45, 7) is 4.51. The van der Waals surface area contributed by atoms with Crippen LogP contribution in [-0.4, -0.2) is 42.0 Å². The van der Waals surface area contributed by atoms with Crippen LogP contribution in [-0.2, 0) is 16.9 Å². The van der Waals surface area contributed by atoms with Gasteiger partial charge in [-0.3, -0.25) is 9.69 Å². The SMILES string of the molecule is O=C(CNCC1C2CN(Cc3ccccc3)CC12)C(O)(c1ccccc1)C1CCCC1. The number of benzene rings is 2. The van der Waals surface area contributed by atoms with Crippen LogP contribution < -0.4 is 5.32 Å². The van der Waals surface area contributed by atoms with E-state index in [-0.39, 0.29) is 18.2 Å². The van der Waals surface area contributed by atoms with Crippen molar-refractivity contribution in [1.82, 2.24) is 10.2 Å². The molecule has 0 spiro atoms. The molecule has 0 bridgehead atoms. The summed E-state index contributed by atoms with van der Waals surface area (Å²) in [7, 11) is 0. The van der Waals surface area contributed by atoms with E-state index in [0.29, 0.717) is 5.92 Å². The van der Waals surface area contributed by atoms with Gasteiger partial charge in [-0.1, -0.05) is 73.5 Å². The third kappa shape index (κ3) is 4.21. The van der Waals surface area contributed by atoms with E-state index in [1.165, 1.54) is 5.56 Å². The Kier molecular flexibility index (Phi) is 5.96. The molecule has 2 aliphatic carbocycles. The average Bonchev–Trinajstić information content (AvgIpc) is 3.20. The first kappa shape index (κ1) is 20.9. The minimum atomic E-state index is -1.35. The Morgan fingerprint density at radius 3 is 2.23 bits per heavy atom. The fraction of sp³-hybridized carbons (Fsp3) is 0.519. The fourth-order valence-corrected chi connectivity index (χ4v) is 6.16. The number of aliphatic hydroxyl groups is 1. The Labute approximate surface area is 185 Å². The first-order valence-corrected chi connectivity index (χ1v) is 11.9. The zero-order valence-electron chi connectivity index (χ0n) is 18.2. The van der Waals surface area contributed by atoms with Gasteiger partial charge in [-0.25, -0.2) is 0 Å². The van der Waals surface area contributed by atoms with Crippen LogP contribution in [0.4, 0.5) is 0 Å². The number of ketones is 1. The van der Waals surface area contributed by atoms with E-state index in [1.54, 1.807) is 0 Å². The predicted molar refractivity (Wildman–Crippen MR) is 122 cm³/mol. The molecule has 2 N–H and O–H groups in total. The Bertz CT molecular complexity index is 869. The number of hydrogen-bond donors (Lipinski definition) is 2. The van der Waals surface area contributed by atoms with Crippen LogP contribution in [0.5, 0.6) is 0 Å². The summed E-state index contributed by atoms with van der Waals surface area (Å²) in [5, 5.41) is 15.0. The van der Waals surface area contributed by atoms with Crippen molar-refractivity contribution in [2.75, 3.05) is 26.2 Å². The maximum Gasteiger partial charge on any atom is 0.182 e. The molecule has 1 aliphatic heterocycles. The molecule has 3 unspecified atom stereocenters. The van der Waals surface area contributed by atoms with Gasteiger partial charge >= 0.3 is 0 Å². The van der Waals surface area contributed by atoms with Crippen LogP contribution in [0.15, 0.2) is 60.7 Å². The average molecular weight is 419 g/mol. The van der Waals surface area contributed by atoms with Crippen molar-refractivity contribution >= 4 is 5.78 Å². The number of likely N-dealkylation sites (tertiary alicyclic amines) is 1. The van der Waals surface area contributed by atoms with E-state index in [0.717, 1.165) is 69.3 Å². The number of fused-ring (bicyclic) bond motifs is 1. The molecule has 4 heteroatoms. The number of hydrogen-bond acceptors (Lipinski definition) is 4. The predicted octanol–water partition coefficient (Wildman–Crippen LogP) is 3.60. The minimum Gasteiger partial charge on any atom is -0.377 e. The smallest absolute Gasteiger partial charge is 0.182 e. The molecule has 5 rings (SSSR count). The quantitative estimate of drug-likeness (QED) is 0.653. The van der Waals surface area contributed by atoms with E-state index < -0.39 is 5.60 Å². The third-order valence-corrected chi connectivity index (χ3v) is 7.95. The summed E-state index contributed by atoms with van der Waals surface area (Å²) in [5.41, 5.74) is 0.793. The number of nitrogens with zero attached hydrogens (tertiary/aromatic N) is 1. The maximum absolute atomic E-state index is 13.2. The van der Waals surface area contributed by atoms with Crippen molar-refractivity contribution in [3.05, 3.63) is 71.8 Å². The molecule has 1 saturated heterocycles. The fourth-order valence-electron chi connectivity index (χ4n) is 6.16. The van der Waals surface area contributed by atoms with Crippen LogP contribution in [0.25, 0.3) is 0 Å². The van der Waals surface area contributed by atoms with Gasteiger partial charge in [0.15, 0.2) is 11.4 Å². The first-order valence-electron chi connectivity index (χ1n) is 11.9. The molecule has 2 aromatic rings. The Morgan fingerprint density at radius 1 is 0.968 bits per heavy atom. The highest BCUT2D eigenvalue weighted by molar-refractivity contribution is 5.90. The standard InChI is InChI=1S/C27H34N2O2/c30-26(27(31,22-13-7-8-14-22)21-11-5-2-6-12-21)16-28-15-23-24-18-29(19-25(23)24)17-20-9-3-1-4-10-20/h1-6,9-12,22-25,28,31H,7-8,13-19H2. The number of carbonyl (C=O) groups excluding carboxylic acids is 1. The Morgan fingerprint density at radius 2 is 1.58 bits per heavy atom. The van der Waals surface area contributed by atoms with Gasteiger partial charge in [-0.2, -0.15) is 0 Å². The summed E-state index contributed by atoms with van der Waals surface area (Å²) in [6, 6.07) is 20.3. The van der Waals surface area contributed by atoms with Crippen molar-refractivity contribution < 1.29 is 9.90 Å². The molecule has 0 aromatic heterocycles. The van der Waals surface area contributed by atoms with Crippen molar-refractivity contribution in [3.63, 3.8) is 0 Å². The van der Waals surface area contributed by atoms with Crippen molar-refractivity contribution in [3.8, 4) is 0 Å². The largest absolute Gasteiger partial charge is 0.377 e. The summed E-state index contributed by atoms with van der Waals surface area (Å²) >= 11 is 0. The van der Waals surface area contributed by atoms with Crippen LogP contribution >= 0.6 is 0 Å². The maximum atomic E-state index is 13.2. The van der Waals surface area contributed by atoms with Gasteiger partial charge in [-0.15, -0.1) is 0 Å². The van der Waals surface area contributed by atoms with Gasteiger partial charge in [0, 0.05) is 19.6 Å². The molecule has 0 radical (unpaired) electrons. The molecular weight excluding hydrogens is 384 g/mol. The molecule has 1 heterocycles. The lowest BCUT2D eigenvalue weighted by atomic mass is 9.77. The number of nitrogens with one attached hydrogen (secondary N) is 1. The van der Waals surface area contributed by atoms with Gasteiger partial charge in [0.05, 0.1) is 6.54 Å². The molecule has 4 nitrogen and oxygen atoms in total. The second kappa shape index (κ2) is 8.85. The van der Waals surface area contributed by atoms with Crippen molar-refractivity contribution in [2.45, 2.75) is 37.8 Å². The number of piperidine rings is 1. The van der Waals surface area contributed by atoms with E-state index in [1.807, 2.05) is 30.3 Å². The summed E-state index contributed by atoms with van der Waals surface area (Å²) in [5.74, 6) is 2.16. The molecule has 3 atom stereocenters. The zero-order valence-corrected chi connectivity index (χ0v) is 18.2. The lowest BCUT2D eigenvalue weighted by Gasteiger charge is -2.33.